The Balaban J connectivity index is 1.93. The molecule has 0 spiro atoms. The molecular weight excluding hydrogens is 282 g/mol. The van der Waals surface area contributed by atoms with Gasteiger partial charge in [-0.2, -0.15) is 0 Å². The summed E-state index contributed by atoms with van der Waals surface area (Å²) in [6.45, 7) is 0. The maximum absolute atomic E-state index is 13.2. The van der Waals surface area contributed by atoms with Crippen LogP contribution in [-0.4, -0.2) is 11.9 Å². The van der Waals surface area contributed by atoms with E-state index >= 15 is 0 Å². The molecule has 0 radical (unpaired) electrons. The molecule has 0 unspecified atom stereocenters. The van der Waals surface area contributed by atoms with Crippen LogP contribution >= 0.6 is 0 Å². The fourth-order valence-corrected chi connectivity index (χ4v) is 1.49. The number of ether oxygens (including phenoxy) is 2. The number of carbonyl (C=O) groups is 2. The van der Waals surface area contributed by atoms with E-state index in [1.165, 1.54) is 36.4 Å². The van der Waals surface area contributed by atoms with Gasteiger partial charge in [0.1, 0.15) is 6.42 Å². The Morgan fingerprint density at radius 3 is 1.52 bits per heavy atom. The van der Waals surface area contributed by atoms with Crippen LogP contribution in [0, 0.1) is 11.6 Å². The van der Waals surface area contributed by atoms with Crippen LogP contribution in [0.4, 0.5) is 8.78 Å². The third kappa shape index (κ3) is 4.10. The van der Waals surface area contributed by atoms with Gasteiger partial charge in [0.05, 0.1) is 0 Å². The second-order valence-electron chi connectivity index (χ2n) is 3.99. The van der Waals surface area contributed by atoms with Crippen LogP contribution < -0.4 is 9.47 Å². The Kier molecular flexibility index (Phi) is 4.61. The molecule has 2 rings (SSSR count). The van der Waals surface area contributed by atoms with Crippen LogP contribution in [0.5, 0.6) is 11.5 Å². The second-order valence-corrected chi connectivity index (χ2v) is 3.99. The minimum atomic E-state index is -0.999. The van der Waals surface area contributed by atoms with Crippen LogP contribution in [0.25, 0.3) is 0 Å². The Morgan fingerprint density at radius 1 is 0.762 bits per heavy atom. The predicted octanol–water partition coefficient (Wildman–Crippen LogP) is 2.87. The van der Waals surface area contributed by atoms with Crippen molar-refractivity contribution in [1.82, 2.24) is 0 Å². The van der Waals surface area contributed by atoms with Crippen molar-refractivity contribution in [3.63, 3.8) is 0 Å². The fraction of sp³-hybridized carbons (Fsp3) is 0.0667. The van der Waals surface area contributed by atoms with Crippen molar-refractivity contribution in [2.45, 2.75) is 6.42 Å². The SMILES string of the molecule is O=C(CC(=O)Oc1ccccc1F)Oc1ccccc1F. The highest BCUT2D eigenvalue weighted by molar-refractivity contribution is 5.93. The van der Waals surface area contributed by atoms with Gasteiger partial charge in [0.25, 0.3) is 0 Å². The minimum Gasteiger partial charge on any atom is -0.423 e. The van der Waals surface area contributed by atoms with Crippen molar-refractivity contribution >= 4 is 11.9 Å². The Hall–Kier alpha value is -2.76. The Labute approximate surface area is 118 Å². The first-order valence-electron chi connectivity index (χ1n) is 5.96. The molecule has 0 amide bonds. The Bertz CT molecular complexity index is 613. The van der Waals surface area contributed by atoms with Crippen LogP contribution in [-0.2, 0) is 9.59 Å². The molecule has 0 saturated carbocycles. The van der Waals surface area contributed by atoms with Gasteiger partial charge < -0.3 is 9.47 Å². The number of halogens is 2. The summed E-state index contributed by atoms with van der Waals surface area (Å²) in [5.41, 5.74) is 0. The molecule has 0 N–H and O–H groups in total. The first-order chi connectivity index (χ1) is 10.1. The average molecular weight is 292 g/mol. The monoisotopic (exact) mass is 292 g/mol. The van der Waals surface area contributed by atoms with Gasteiger partial charge >= 0.3 is 11.9 Å². The lowest BCUT2D eigenvalue weighted by Crippen LogP contribution is -2.18. The molecule has 0 aliphatic heterocycles. The quantitative estimate of drug-likeness (QED) is 0.494. The summed E-state index contributed by atoms with van der Waals surface area (Å²) in [5, 5.41) is 0. The number of rotatable bonds is 4. The topological polar surface area (TPSA) is 52.6 Å². The number of esters is 2. The van der Waals surface area contributed by atoms with Crippen molar-refractivity contribution in [3.05, 3.63) is 60.2 Å². The molecule has 2 aromatic carbocycles. The lowest BCUT2D eigenvalue weighted by molar-refractivity contribution is -0.144. The number of para-hydroxylation sites is 2. The van der Waals surface area contributed by atoms with Gasteiger partial charge in [0, 0.05) is 0 Å². The standard InChI is InChI=1S/C15H10F2O4/c16-10-5-1-3-7-12(10)20-14(18)9-15(19)21-13-8-4-2-6-11(13)17/h1-8H,9H2. The van der Waals surface area contributed by atoms with Gasteiger partial charge in [-0.05, 0) is 24.3 Å². The molecule has 21 heavy (non-hydrogen) atoms. The zero-order valence-corrected chi connectivity index (χ0v) is 10.7. The van der Waals surface area contributed by atoms with E-state index in [2.05, 4.69) is 9.47 Å². The van der Waals surface area contributed by atoms with E-state index in [1.807, 2.05) is 0 Å². The lowest BCUT2D eigenvalue weighted by atomic mass is 10.3. The molecule has 0 aromatic heterocycles. The van der Waals surface area contributed by atoms with E-state index in [4.69, 9.17) is 0 Å². The van der Waals surface area contributed by atoms with E-state index < -0.39 is 30.0 Å². The van der Waals surface area contributed by atoms with E-state index in [0.29, 0.717) is 0 Å². The summed E-state index contributed by atoms with van der Waals surface area (Å²) in [4.78, 5) is 22.9. The van der Waals surface area contributed by atoms with Crippen molar-refractivity contribution in [2.24, 2.45) is 0 Å². The summed E-state index contributed by atoms with van der Waals surface area (Å²) in [7, 11) is 0. The highest BCUT2D eigenvalue weighted by atomic mass is 19.1. The van der Waals surface area contributed by atoms with Crippen LogP contribution in [0.1, 0.15) is 6.42 Å². The summed E-state index contributed by atoms with van der Waals surface area (Å²) in [5.74, 6) is -4.04. The van der Waals surface area contributed by atoms with Gasteiger partial charge in [-0.3, -0.25) is 9.59 Å². The molecule has 0 aliphatic carbocycles. The van der Waals surface area contributed by atoms with Crippen LogP contribution in [0.3, 0.4) is 0 Å². The zero-order valence-electron chi connectivity index (χ0n) is 10.7. The van der Waals surface area contributed by atoms with Crippen molar-refractivity contribution in [2.75, 3.05) is 0 Å². The molecule has 0 bridgehead atoms. The summed E-state index contributed by atoms with van der Waals surface area (Å²) in [6.07, 6.45) is -0.761. The number of hydrogen-bond acceptors (Lipinski definition) is 4. The van der Waals surface area contributed by atoms with Crippen LogP contribution in [0.2, 0.25) is 0 Å². The van der Waals surface area contributed by atoms with Gasteiger partial charge in [-0.1, -0.05) is 24.3 Å². The molecule has 0 fully saturated rings. The molecular formula is C15H10F2O4. The third-order valence-electron chi connectivity index (χ3n) is 2.41. The second kappa shape index (κ2) is 6.60. The van der Waals surface area contributed by atoms with E-state index in [0.717, 1.165) is 12.1 Å². The van der Waals surface area contributed by atoms with Crippen LogP contribution in [0.15, 0.2) is 48.5 Å². The lowest BCUT2D eigenvalue weighted by Gasteiger charge is -2.06. The minimum absolute atomic E-state index is 0.291. The molecule has 0 atom stereocenters. The van der Waals surface area contributed by atoms with E-state index in [-0.39, 0.29) is 11.5 Å². The molecule has 4 nitrogen and oxygen atoms in total. The largest absolute Gasteiger partial charge is 0.423 e. The smallest absolute Gasteiger partial charge is 0.322 e. The summed E-state index contributed by atoms with van der Waals surface area (Å²) in [6, 6.07) is 10.5. The first-order valence-corrected chi connectivity index (χ1v) is 5.96. The van der Waals surface area contributed by atoms with Gasteiger partial charge in [-0.15, -0.1) is 0 Å². The maximum Gasteiger partial charge on any atom is 0.322 e. The van der Waals surface area contributed by atoms with Crippen molar-refractivity contribution < 1.29 is 27.8 Å². The number of hydrogen-bond donors (Lipinski definition) is 0. The highest BCUT2D eigenvalue weighted by Gasteiger charge is 2.16. The molecule has 0 aliphatic rings. The third-order valence-corrected chi connectivity index (χ3v) is 2.41. The summed E-state index contributed by atoms with van der Waals surface area (Å²) >= 11 is 0. The summed E-state index contributed by atoms with van der Waals surface area (Å²) < 4.78 is 35.8. The van der Waals surface area contributed by atoms with Gasteiger partial charge in [-0.25, -0.2) is 8.78 Å². The van der Waals surface area contributed by atoms with E-state index in [9.17, 15) is 18.4 Å². The first kappa shape index (κ1) is 14.6. The van der Waals surface area contributed by atoms with Gasteiger partial charge in [0.15, 0.2) is 23.1 Å². The van der Waals surface area contributed by atoms with E-state index in [1.54, 1.807) is 0 Å². The normalized spacial score (nSPS) is 10.0. The molecule has 108 valence electrons. The van der Waals surface area contributed by atoms with Gasteiger partial charge in [0.2, 0.25) is 0 Å². The van der Waals surface area contributed by atoms with Crippen molar-refractivity contribution in [1.29, 1.82) is 0 Å². The molecule has 2 aromatic rings. The number of carbonyl (C=O) groups excluding carboxylic acids is 2. The molecule has 0 saturated heterocycles. The molecule has 6 heteroatoms. The maximum atomic E-state index is 13.2. The number of benzene rings is 2. The zero-order chi connectivity index (χ0) is 15.2. The predicted molar refractivity (Wildman–Crippen MR) is 68.7 cm³/mol. The van der Waals surface area contributed by atoms with Crippen molar-refractivity contribution in [3.8, 4) is 11.5 Å². The Morgan fingerprint density at radius 2 is 1.14 bits per heavy atom. The molecule has 0 heterocycles. The average Bonchev–Trinajstić information content (AvgIpc) is 2.44. The fourth-order valence-electron chi connectivity index (χ4n) is 1.49. The highest BCUT2D eigenvalue weighted by Crippen LogP contribution is 2.18.